The quantitative estimate of drug-likeness (QED) is 0.0566. The number of benzene rings is 4. The van der Waals surface area contributed by atoms with Crippen LogP contribution in [0, 0.1) is 13.8 Å². The highest BCUT2D eigenvalue weighted by atomic mass is 32.2. The maximum absolute atomic E-state index is 6.44. The van der Waals surface area contributed by atoms with Gasteiger partial charge in [0.2, 0.25) is 0 Å². The lowest BCUT2D eigenvalue weighted by molar-refractivity contribution is 0.234. The molecule has 5 rings (SSSR count). The molecule has 1 aromatic heterocycles. The lowest BCUT2D eigenvalue weighted by Gasteiger charge is -2.21. The number of thiophene rings is 1. The molecule has 1 heterocycles. The van der Waals surface area contributed by atoms with Crippen LogP contribution in [0.5, 0.6) is 23.0 Å². The van der Waals surface area contributed by atoms with E-state index in [1.165, 1.54) is 11.1 Å². The summed E-state index contributed by atoms with van der Waals surface area (Å²) in [6.07, 6.45) is 4.08. The van der Waals surface area contributed by atoms with E-state index in [1.807, 2.05) is 94.4 Å². The Labute approximate surface area is 328 Å². The van der Waals surface area contributed by atoms with E-state index in [1.54, 1.807) is 49.1 Å². The van der Waals surface area contributed by atoms with Gasteiger partial charge in [-0.1, -0.05) is 116 Å². The number of allylic oxidation sites excluding steroid dienone is 4. The molecule has 0 N–H and O–H groups in total. The average molecular weight is 761 g/mol. The summed E-state index contributed by atoms with van der Waals surface area (Å²) >= 11 is 5.13. The average Bonchev–Trinajstić information content (AvgIpc) is 3.43. The monoisotopic (exact) mass is 760 g/mol. The van der Waals surface area contributed by atoms with Gasteiger partial charge in [0.15, 0.2) is 0 Å². The lowest BCUT2D eigenvalue weighted by Crippen LogP contribution is -2.08. The highest BCUT2D eigenvalue weighted by Crippen LogP contribution is 2.54. The van der Waals surface area contributed by atoms with Crippen molar-refractivity contribution in [3.8, 4) is 23.0 Å². The van der Waals surface area contributed by atoms with E-state index in [-0.39, 0.29) is 12.2 Å². The summed E-state index contributed by atoms with van der Waals surface area (Å²) in [6.45, 7) is 21.4. The molecule has 0 bridgehead atoms. The summed E-state index contributed by atoms with van der Waals surface area (Å²) in [4.78, 5) is 4.11. The van der Waals surface area contributed by atoms with E-state index in [9.17, 15) is 0 Å². The van der Waals surface area contributed by atoms with Gasteiger partial charge in [0.1, 0.15) is 23.0 Å². The molecule has 0 amide bonds. The summed E-state index contributed by atoms with van der Waals surface area (Å²) < 4.78 is 25.8. The zero-order valence-corrected chi connectivity index (χ0v) is 34.3. The zero-order valence-electron chi connectivity index (χ0n) is 31.8. The molecule has 53 heavy (non-hydrogen) atoms. The molecular weight excluding hydrogens is 713 g/mol. The Hall–Kier alpha value is -4.56. The molecule has 0 aliphatic heterocycles. The molecule has 7 heteroatoms. The molecule has 4 aromatic carbocycles. The molecule has 0 saturated carbocycles. The first kappa shape index (κ1) is 39.6. The van der Waals surface area contributed by atoms with E-state index in [2.05, 4.69) is 69.5 Å². The summed E-state index contributed by atoms with van der Waals surface area (Å²) in [7, 11) is 3.41. The molecule has 0 atom stereocenters. The van der Waals surface area contributed by atoms with Crippen molar-refractivity contribution in [2.24, 2.45) is 0 Å². The van der Waals surface area contributed by atoms with Gasteiger partial charge < -0.3 is 18.9 Å². The fraction of sp³-hybridized carbons (Fsp3) is 0.217. The molecular formula is C46H48O4S3. The number of hydrogen-bond donors (Lipinski definition) is 0. The Morgan fingerprint density at radius 1 is 0.660 bits per heavy atom. The largest absolute Gasteiger partial charge is 0.496 e. The van der Waals surface area contributed by atoms with Gasteiger partial charge in [-0.3, -0.25) is 0 Å². The van der Waals surface area contributed by atoms with Gasteiger partial charge in [0, 0.05) is 14.7 Å². The summed E-state index contributed by atoms with van der Waals surface area (Å²) in [5, 5.41) is 0. The molecule has 274 valence electrons. The molecule has 0 fully saturated rings. The topological polar surface area (TPSA) is 36.9 Å². The smallest absolute Gasteiger partial charge is 0.137 e. The second-order valence-electron chi connectivity index (χ2n) is 12.8. The zero-order chi connectivity index (χ0) is 38.1. The Bertz CT molecular complexity index is 2110. The van der Waals surface area contributed by atoms with Crippen LogP contribution in [0.1, 0.15) is 60.4 Å². The summed E-state index contributed by atoms with van der Waals surface area (Å²) in [5.74, 6) is 3.02. The van der Waals surface area contributed by atoms with Crippen molar-refractivity contribution >= 4 is 55.8 Å². The Morgan fingerprint density at radius 2 is 1.21 bits per heavy atom. The van der Waals surface area contributed by atoms with Crippen LogP contribution in [0.4, 0.5) is 0 Å². The highest BCUT2D eigenvalue weighted by Gasteiger charge is 2.26. The van der Waals surface area contributed by atoms with Crippen LogP contribution in [-0.2, 0) is 0 Å². The van der Waals surface area contributed by atoms with Crippen LogP contribution in [-0.4, -0.2) is 26.4 Å². The van der Waals surface area contributed by atoms with Crippen molar-refractivity contribution < 1.29 is 18.9 Å². The molecule has 0 spiro atoms. The third kappa shape index (κ3) is 9.52. The number of thioether (sulfide) groups is 2. The Balaban J connectivity index is 1.73. The number of hydrogen-bond acceptors (Lipinski definition) is 7. The van der Waals surface area contributed by atoms with E-state index >= 15 is 0 Å². The second-order valence-corrected chi connectivity index (χ2v) is 16.2. The first-order valence-electron chi connectivity index (χ1n) is 17.6. The minimum Gasteiger partial charge on any atom is -0.496 e. The molecule has 0 saturated heterocycles. The molecule has 0 radical (unpaired) electrons. The van der Waals surface area contributed by atoms with Gasteiger partial charge in [-0.15, -0.1) is 11.3 Å². The first-order chi connectivity index (χ1) is 25.6. The predicted octanol–water partition coefficient (Wildman–Crippen LogP) is 13.6. The van der Waals surface area contributed by atoms with Crippen molar-refractivity contribution in [2.45, 2.75) is 62.9 Å². The van der Waals surface area contributed by atoms with Crippen molar-refractivity contribution in [3.05, 3.63) is 155 Å². The summed E-state index contributed by atoms with van der Waals surface area (Å²) in [5.41, 5.74) is 7.30. The maximum Gasteiger partial charge on any atom is 0.137 e. The van der Waals surface area contributed by atoms with Gasteiger partial charge in [0.25, 0.3) is 0 Å². The normalized spacial score (nSPS) is 12.1. The van der Waals surface area contributed by atoms with E-state index in [4.69, 9.17) is 18.9 Å². The number of methoxy groups -OCH3 is 2. The molecule has 0 unspecified atom stereocenters. The predicted molar refractivity (Wildman–Crippen MR) is 230 cm³/mol. The van der Waals surface area contributed by atoms with E-state index in [0.29, 0.717) is 0 Å². The van der Waals surface area contributed by atoms with Gasteiger partial charge >= 0.3 is 0 Å². The lowest BCUT2D eigenvalue weighted by atomic mass is 10.0. The van der Waals surface area contributed by atoms with Crippen LogP contribution in [0.2, 0.25) is 0 Å². The second kappa shape index (κ2) is 18.5. The minimum absolute atomic E-state index is 0.00434. The van der Waals surface area contributed by atoms with Gasteiger partial charge in [-0.2, -0.15) is 0 Å². The van der Waals surface area contributed by atoms with Crippen LogP contribution < -0.4 is 18.9 Å². The number of rotatable bonds is 16. The Kier molecular flexibility index (Phi) is 13.8. The van der Waals surface area contributed by atoms with Gasteiger partial charge in [-0.05, 0) is 105 Å². The van der Waals surface area contributed by atoms with Gasteiger partial charge in [-0.25, -0.2) is 0 Å². The van der Waals surface area contributed by atoms with Crippen molar-refractivity contribution in [1.82, 2.24) is 0 Å². The van der Waals surface area contributed by atoms with E-state index < -0.39 is 0 Å². The fourth-order valence-electron chi connectivity index (χ4n) is 5.70. The minimum atomic E-state index is -0.0321. The number of ether oxygens (including phenoxy) is 4. The first-order valence-corrected chi connectivity index (χ1v) is 20.0. The van der Waals surface area contributed by atoms with Crippen LogP contribution >= 0.6 is 34.9 Å². The van der Waals surface area contributed by atoms with Crippen molar-refractivity contribution in [2.75, 3.05) is 14.2 Å². The van der Waals surface area contributed by atoms with Crippen LogP contribution in [0.3, 0.4) is 0 Å². The molecule has 4 nitrogen and oxygen atoms in total. The standard InChI is InChI=1S/C46H48O4S3/c1-11-36(35-22-16-13-17-23-35)44(42-37(47-9)24-18-25-38(42)49-29(2)3)53-46-33(8)32(7)43(52-46)41(28-31(6)34-20-14-12-15-21-34)51-45-39(48-10)26-19-27-40(45)50-30(4)5/h11-30H,1,6H2,2-5,7-10H3/b41-28-,44-36+. The third-order valence-corrected chi connectivity index (χ3v) is 12.5. The van der Waals surface area contributed by atoms with Crippen LogP contribution in [0.15, 0.2) is 131 Å². The maximum atomic E-state index is 6.44. The van der Waals surface area contributed by atoms with Gasteiger partial charge in [0.05, 0.1) is 41.1 Å². The summed E-state index contributed by atoms with van der Waals surface area (Å²) in [6, 6.07) is 32.6. The Morgan fingerprint density at radius 3 is 1.79 bits per heavy atom. The fourth-order valence-corrected chi connectivity index (χ4v) is 9.82. The van der Waals surface area contributed by atoms with E-state index in [0.717, 1.165) is 74.6 Å². The van der Waals surface area contributed by atoms with Crippen molar-refractivity contribution in [1.29, 1.82) is 0 Å². The molecule has 0 aliphatic carbocycles. The molecule has 5 aromatic rings. The third-order valence-electron chi connectivity index (χ3n) is 8.34. The molecule has 0 aliphatic rings. The highest BCUT2D eigenvalue weighted by molar-refractivity contribution is 8.10. The van der Waals surface area contributed by atoms with Crippen LogP contribution in [0.25, 0.3) is 21.0 Å². The van der Waals surface area contributed by atoms with Crippen molar-refractivity contribution in [3.63, 3.8) is 0 Å². The SMILES string of the molecule is C=C/C(=C(\Sc1sc(/C(=C/C(=C)c2ccccc2)Sc2c(OC)cccc2OC(C)C)c(C)c1C)c1c(OC)cccc1OC(C)C)c1ccccc1.